The second-order valence-corrected chi connectivity index (χ2v) is 8.99. The Balaban J connectivity index is 1.72. The molecule has 1 aromatic carbocycles. The van der Waals surface area contributed by atoms with Crippen molar-refractivity contribution < 1.29 is 14.3 Å². The Bertz CT molecular complexity index is 1320. The summed E-state index contributed by atoms with van der Waals surface area (Å²) < 4.78 is 16.0. The number of ether oxygens (including phenoxy) is 2. The van der Waals surface area contributed by atoms with Crippen LogP contribution < -0.4 is 4.74 Å². The molecule has 1 fully saturated rings. The minimum absolute atomic E-state index is 0.319. The van der Waals surface area contributed by atoms with Crippen molar-refractivity contribution in [3.63, 3.8) is 0 Å². The Hall–Kier alpha value is -2.80. The highest BCUT2D eigenvalue weighted by Gasteiger charge is 2.26. The van der Waals surface area contributed by atoms with Crippen LogP contribution in [-0.4, -0.2) is 33.9 Å². The molecule has 6 nitrogen and oxygen atoms in total. The number of carbonyl (C=O) groups is 1. The topological polar surface area (TPSA) is 57.8 Å². The zero-order valence-corrected chi connectivity index (χ0v) is 19.4. The zero-order chi connectivity index (χ0) is 21.7. The normalized spacial score (nSPS) is 13.8. The van der Waals surface area contributed by atoms with Crippen molar-refractivity contribution in [2.24, 2.45) is 5.92 Å². The lowest BCUT2D eigenvalue weighted by Crippen LogP contribution is -2.07. The van der Waals surface area contributed by atoms with Crippen LogP contribution in [0.4, 0.5) is 0 Å². The summed E-state index contributed by atoms with van der Waals surface area (Å²) in [6, 6.07) is 10.3. The van der Waals surface area contributed by atoms with E-state index >= 15 is 0 Å². The predicted octanol–water partition coefficient (Wildman–Crippen LogP) is 5.62. The minimum Gasteiger partial charge on any atom is -0.494 e. The number of aryl methyl sites for hydroxylation is 1. The van der Waals surface area contributed by atoms with Crippen molar-refractivity contribution in [1.82, 2.24) is 14.2 Å². The number of aromatic nitrogens is 3. The summed E-state index contributed by atoms with van der Waals surface area (Å²) in [5.74, 6) is 0.940. The number of esters is 1. The van der Waals surface area contributed by atoms with Crippen molar-refractivity contribution in [3.8, 4) is 17.1 Å². The number of hydrogen-bond acceptors (Lipinski definition) is 4. The van der Waals surface area contributed by atoms with E-state index in [1.807, 2.05) is 0 Å². The van der Waals surface area contributed by atoms with Gasteiger partial charge in [-0.05, 0) is 56.9 Å². The first-order valence-electron chi connectivity index (χ1n) is 10.5. The van der Waals surface area contributed by atoms with E-state index < -0.39 is 0 Å². The Kier molecular flexibility index (Phi) is 5.01. The Labute approximate surface area is 188 Å². The maximum absolute atomic E-state index is 12.3. The van der Waals surface area contributed by atoms with Crippen LogP contribution in [0.3, 0.4) is 0 Å². The molecule has 31 heavy (non-hydrogen) atoms. The van der Waals surface area contributed by atoms with Gasteiger partial charge in [-0.2, -0.15) is 5.10 Å². The summed E-state index contributed by atoms with van der Waals surface area (Å²) >= 11 is 3.62. The third kappa shape index (κ3) is 3.51. The molecule has 0 bridgehead atoms. The van der Waals surface area contributed by atoms with E-state index in [-0.39, 0.29) is 5.97 Å². The number of benzene rings is 1. The van der Waals surface area contributed by atoms with Gasteiger partial charge in [0, 0.05) is 33.7 Å². The van der Waals surface area contributed by atoms with Gasteiger partial charge in [-0.1, -0.05) is 22.0 Å². The minimum atomic E-state index is -0.384. The van der Waals surface area contributed by atoms with Crippen LogP contribution in [0.15, 0.2) is 41.0 Å². The van der Waals surface area contributed by atoms with Gasteiger partial charge < -0.3 is 14.0 Å². The molecule has 160 valence electrons. The number of rotatable bonds is 6. The summed E-state index contributed by atoms with van der Waals surface area (Å²) in [4.78, 5) is 12.3. The molecule has 7 heteroatoms. The molecule has 0 aliphatic heterocycles. The van der Waals surface area contributed by atoms with Crippen molar-refractivity contribution in [2.75, 3.05) is 13.7 Å². The van der Waals surface area contributed by atoms with Crippen LogP contribution in [0.25, 0.3) is 27.8 Å². The van der Waals surface area contributed by atoms with Gasteiger partial charge in [0.25, 0.3) is 0 Å². The highest BCUT2D eigenvalue weighted by molar-refractivity contribution is 9.10. The van der Waals surface area contributed by atoms with E-state index in [4.69, 9.17) is 14.6 Å². The number of carbonyl (C=O) groups excluding carboxylic acids is 1. The Morgan fingerprint density at radius 3 is 2.77 bits per heavy atom. The van der Waals surface area contributed by atoms with Crippen molar-refractivity contribution in [1.29, 1.82) is 0 Å². The van der Waals surface area contributed by atoms with Crippen LogP contribution in [-0.2, 0) is 11.3 Å². The fraction of sp³-hybridized carbons (Fsp3) is 0.333. The van der Waals surface area contributed by atoms with E-state index in [9.17, 15) is 4.79 Å². The molecule has 0 radical (unpaired) electrons. The van der Waals surface area contributed by atoms with Gasteiger partial charge >= 0.3 is 5.97 Å². The number of hydrogen-bond donors (Lipinski definition) is 0. The molecule has 3 aromatic heterocycles. The fourth-order valence-electron chi connectivity index (χ4n) is 4.19. The second-order valence-electron chi connectivity index (χ2n) is 8.07. The quantitative estimate of drug-likeness (QED) is 0.335. The van der Waals surface area contributed by atoms with Crippen LogP contribution in [0, 0.1) is 12.8 Å². The first kappa shape index (κ1) is 20.1. The molecule has 5 rings (SSSR count). The van der Waals surface area contributed by atoms with Crippen LogP contribution >= 0.6 is 15.9 Å². The number of halogens is 1. The zero-order valence-electron chi connectivity index (χ0n) is 17.8. The monoisotopic (exact) mass is 481 g/mol. The molecule has 0 N–H and O–H groups in total. The van der Waals surface area contributed by atoms with Gasteiger partial charge in [0.05, 0.1) is 25.0 Å². The average Bonchev–Trinajstić information content (AvgIpc) is 3.43. The van der Waals surface area contributed by atoms with E-state index in [1.165, 1.54) is 23.7 Å². The van der Waals surface area contributed by atoms with Crippen molar-refractivity contribution in [2.45, 2.75) is 33.2 Å². The summed E-state index contributed by atoms with van der Waals surface area (Å²) in [5.41, 5.74) is 5.48. The lowest BCUT2D eigenvalue weighted by Gasteiger charge is -2.09. The molecule has 1 aliphatic carbocycles. The second kappa shape index (κ2) is 7.71. The molecule has 0 unspecified atom stereocenters. The fourth-order valence-corrected chi connectivity index (χ4v) is 4.54. The van der Waals surface area contributed by atoms with Gasteiger partial charge in [0.15, 0.2) is 0 Å². The molecule has 1 aliphatic rings. The van der Waals surface area contributed by atoms with Gasteiger partial charge in [0.1, 0.15) is 17.0 Å². The predicted molar refractivity (Wildman–Crippen MR) is 124 cm³/mol. The van der Waals surface area contributed by atoms with E-state index in [1.54, 1.807) is 30.8 Å². The Morgan fingerprint density at radius 1 is 1.26 bits per heavy atom. The smallest absolute Gasteiger partial charge is 0.339 e. The summed E-state index contributed by atoms with van der Waals surface area (Å²) in [7, 11) is 1.61. The number of pyridine rings is 1. The standard InChI is InChI=1S/C24H24BrN3O3/c1-4-31-24(29)17-10-21(30-3)23-14(2)22(26-28(23)13-17)20-9-16-7-8-18(25)11-19(16)27(20)12-15-5-6-15/h7-11,13,15H,4-6,12H2,1-3H3. The first-order valence-corrected chi connectivity index (χ1v) is 11.3. The lowest BCUT2D eigenvalue weighted by atomic mass is 10.1. The summed E-state index contributed by atoms with van der Waals surface area (Å²) in [6.07, 6.45) is 4.26. The van der Waals surface area contributed by atoms with E-state index in [2.05, 4.69) is 51.7 Å². The third-order valence-electron chi connectivity index (χ3n) is 5.91. The van der Waals surface area contributed by atoms with Crippen molar-refractivity contribution >= 4 is 38.3 Å². The molecule has 1 saturated carbocycles. The molecule has 4 aromatic rings. The molecular formula is C24H24BrN3O3. The number of nitrogens with zero attached hydrogens (tertiary/aromatic N) is 3. The lowest BCUT2D eigenvalue weighted by molar-refractivity contribution is 0.0525. The van der Waals surface area contributed by atoms with E-state index in [0.29, 0.717) is 17.9 Å². The molecule has 0 amide bonds. The number of fused-ring (bicyclic) bond motifs is 2. The van der Waals surface area contributed by atoms with Crippen LogP contribution in [0.1, 0.15) is 35.7 Å². The maximum Gasteiger partial charge on any atom is 0.339 e. The summed E-state index contributed by atoms with van der Waals surface area (Å²) in [6.45, 7) is 5.15. The largest absolute Gasteiger partial charge is 0.494 e. The molecule has 0 spiro atoms. The highest BCUT2D eigenvalue weighted by atomic mass is 79.9. The highest BCUT2D eigenvalue weighted by Crippen LogP contribution is 2.38. The van der Waals surface area contributed by atoms with Gasteiger partial charge in [-0.3, -0.25) is 0 Å². The van der Waals surface area contributed by atoms with Gasteiger partial charge in [-0.15, -0.1) is 0 Å². The van der Waals surface area contributed by atoms with Crippen LogP contribution in [0.5, 0.6) is 5.75 Å². The number of methoxy groups -OCH3 is 1. The van der Waals surface area contributed by atoms with Gasteiger partial charge in [-0.25, -0.2) is 9.31 Å². The third-order valence-corrected chi connectivity index (χ3v) is 6.40. The van der Waals surface area contributed by atoms with Crippen molar-refractivity contribution in [3.05, 3.63) is 52.1 Å². The van der Waals surface area contributed by atoms with Gasteiger partial charge in [0.2, 0.25) is 0 Å². The first-order chi connectivity index (χ1) is 15.0. The average molecular weight is 482 g/mol. The van der Waals surface area contributed by atoms with Crippen LogP contribution in [0.2, 0.25) is 0 Å². The Morgan fingerprint density at radius 2 is 2.06 bits per heavy atom. The van der Waals surface area contributed by atoms with E-state index in [0.717, 1.165) is 39.4 Å². The molecule has 3 heterocycles. The maximum atomic E-state index is 12.3. The SMILES string of the molecule is CCOC(=O)c1cc(OC)c2c(C)c(-c3cc4ccc(Br)cc4n3CC3CC3)nn2c1. The molecule has 0 saturated heterocycles. The molecule has 0 atom stereocenters. The summed E-state index contributed by atoms with van der Waals surface area (Å²) in [5, 5.41) is 6.09. The molecular weight excluding hydrogens is 458 g/mol.